The van der Waals surface area contributed by atoms with E-state index in [1.54, 1.807) is 12.1 Å². The van der Waals surface area contributed by atoms with Crippen molar-refractivity contribution in [3.63, 3.8) is 0 Å². The van der Waals surface area contributed by atoms with Crippen LogP contribution in [0, 0.1) is 5.82 Å². The zero-order valence-electron chi connectivity index (χ0n) is 15.0. The summed E-state index contributed by atoms with van der Waals surface area (Å²) >= 11 is 1.27. The van der Waals surface area contributed by atoms with Crippen molar-refractivity contribution >= 4 is 33.4 Å². The van der Waals surface area contributed by atoms with Gasteiger partial charge in [0.15, 0.2) is 16.6 Å². The van der Waals surface area contributed by atoms with Gasteiger partial charge in [-0.1, -0.05) is 24.3 Å². The molecule has 0 N–H and O–H groups in total. The number of para-hydroxylation sites is 2. The van der Waals surface area contributed by atoms with Gasteiger partial charge in [0.2, 0.25) is 0 Å². The molecule has 0 spiro atoms. The Balaban J connectivity index is 1.59. The fourth-order valence-electron chi connectivity index (χ4n) is 3.27. The Hall–Kier alpha value is -3.00. The van der Waals surface area contributed by atoms with Crippen LogP contribution in [0.5, 0.6) is 5.75 Å². The predicted molar refractivity (Wildman–Crippen MR) is 102 cm³/mol. The molecule has 0 radical (unpaired) electrons. The molecule has 4 rings (SSSR count). The SMILES string of the molecule is COC(=O)[C@H]1C[C@@H](Oc2ccccc2F)CN1C(=O)c1nc2ccccc2s1. The highest BCUT2D eigenvalue weighted by molar-refractivity contribution is 7.20. The number of nitrogens with zero attached hydrogens (tertiary/aromatic N) is 2. The highest BCUT2D eigenvalue weighted by Gasteiger charge is 2.42. The van der Waals surface area contributed by atoms with Gasteiger partial charge in [-0.05, 0) is 24.3 Å². The van der Waals surface area contributed by atoms with E-state index in [1.807, 2.05) is 24.3 Å². The number of hydrogen-bond acceptors (Lipinski definition) is 6. The van der Waals surface area contributed by atoms with E-state index in [-0.39, 0.29) is 24.6 Å². The second-order valence-corrected chi connectivity index (χ2v) is 7.42. The van der Waals surface area contributed by atoms with Gasteiger partial charge in [-0.15, -0.1) is 11.3 Å². The average molecular weight is 400 g/mol. The molecular formula is C20H17FN2O4S. The normalized spacial score (nSPS) is 19.0. The maximum atomic E-state index is 13.9. The van der Waals surface area contributed by atoms with Gasteiger partial charge in [0, 0.05) is 6.42 Å². The quantitative estimate of drug-likeness (QED) is 0.629. The number of halogens is 1. The molecule has 0 unspecified atom stereocenters. The summed E-state index contributed by atoms with van der Waals surface area (Å²) in [7, 11) is 1.27. The van der Waals surface area contributed by atoms with E-state index in [2.05, 4.69) is 4.98 Å². The number of carbonyl (C=O) groups is 2. The Kier molecular flexibility index (Phi) is 4.95. The third-order valence-corrected chi connectivity index (χ3v) is 5.63. The Morgan fingerprint density at radius 2 is 1.93 bits per heavy atom. The van der Waals surface area contributed by atoms with Gasteiger partial charge in [0.25, 0.3) is 5.91 Å². The summed E-state index contributed by atoms with van der Waals surface area (Å²) in [6, 6.07) is 12.7. The van der Waals surface area contributed by atoms with Crippen molar-refractivity contribution in [3.8, 4) is 5.75 Å². The number of thiazole rings is 1. The molecule has 2 aromatic carbocycles. The van der Waals surface area contributed by atoms with Crippen LogP contribution in [0.2, 0.25) is 0 Å². The molecule has 28 heavy (non-hydrogen) atoms. The first kappa shape index (κ1) is 18.4. The molecule has 1 amide bonds. The zero-order chi connectivity index (χ0) is 19.7. The number of rotatable bonds is 4. The van der Waals surface area contributed by atoms with Crippen LogP contribution in [0.1, 0.15) is 16.2 Å². The number of hydrogen-bond donors (Lipinski definition) is 0. The Morgan fingerprint density at radius 1 is 1.18 bits per heavy atom. The summed E-state index contributed by atoms with van der Waals surface area (Å²) in [5, 5.41) is 0.293. The standard InChI is InChI=1S/C20H17FN2O4S/c1-26-20(25)15-10-12(27-16-8-4-2-6-13(16)21)11-23(15)19(24)18-22-14-7-3-5-9-17(14)28-18/h2-9,12,15H,10-11H2,1H3/t12-,15-/m1/s1. The lowest BCUT2D eigenvalue weighted by Gasteiger charge is -2.21. The van der Waals surface area contributed by atoms with Crippen molar-refractivity contribution in [3.05, 3.63) is 59.4 Å². The van der Waals surface area contributed by atoms with Crippen molar-refractivity contribution < 1.29 is 23.5 Å². The van der Waals surface area contributed by atoms with E-state index in [0.29, 0.717) is 5.01 Å². The van der Waals surface area contributed by atoms with Gasteiger partial charge >= 0.3 is 5.97 Å². The number of methoxy groups -OCH3 is 1. The van der Waals surface area contributed by atoms with Crippen LogP contribution >= 0.6 is 11.3 Å². The van der Waals surface area contributed by atoms with Crippen LogP contribution in [0.3, 0.4) is 0 Å². The molecule has 0 bridgehead atoms. The molecule has 3 aromatic rings. The van der Waals surface area contributed by atoms with Crippen molar-refractivity contribution in [2.24, 2.45) is 0 Å². The topological polar surface area (TPSA) is 68.7 Å². The highest BCUT2D eigenvalue weighted by atomic mass is 32.1. The predicted octanol–water partition coefficient (Wildman–Crippen LogP) is 3.27. The average Bonchev–Trinajstić information content (AvgIpc) is 3.33. The molecular weight excluding hydrogens is 383 g/mol. The van der Waals surface area contributed by atoms with E-state index < -0.39 is 23.9 Å². The second kappa shape index (κ2) is 7.55. The van der Waals surface area contributed by atoms with Crippen molar-refractivity contribution in [1.29, 1.82) is 0 Å². The van der Waals surface area contributed by atoms with Crippen LogP contribution in [0.25, 0.3) is 10.2 Å². The first-order valence-corrected chi connectivity index (χ1v) is 9.54. The minimum absolute atomic E-state index is 0.0883. The molecule has 0 saturated carbocycles. The third kappa shape index (κ3) is 3.43. The third-order valence-electron chi connectivity index (χ3n) is 4.60. The summed E-state index contributed by atoms with van der Waals surface area (Å²) < 4.78 is 25.4. The molecule has 0 aliphatic carbocycles. The van der Waals surface area contributed by atoms with E-state index in [0.717, 1.165) is 10.2 Å². The van der Waals surface area contributed by atoms with Crippen LogP contribution in [-0.4, -0.2) is 47.6 Å². The highest BCUT2D eigenvalue weighted by Crippen LogP contribution is 2.29. The van der Waals surface area contributed by atoms with Gasteiger partial charge in [0.05, 0.1) is 23.9 Å². The van der Waals surface area contributed by atoms with E-state index in [1.165, 1.54) is 35.5 Å². The molecule has 2 heterocycles. The molecule has 1 fully saturated rings. The molecule has 144 valence electrons. The molecule has 1 aliphatic rings. The van der Waals surface area contributed by atoms with Crippen LogP contribution < -0.4 is 4.74 Å². The smallest absolute Gasteiger partial charge is 0.328 e. The zero-order valence-corrected chi connectivity index (χ0v) is 15.8. The maximum Gasteiger partial charge on any atom is 0.328 e. The van der Waals surface area contributed by atoms with E-state index in [9.17, 15) is 14.0 Å². The first-order chi connectivity index (χ1) is 13.6. The number of ether oxygens (including phenoxy) is 2. The van der Waals surface area contributed by atoms with Crippen LogP contribution in [0.4, 0.5) is 4.39 Å². The van der Waals surface area contributed by atoms with Gasteiger partial charge in [-0.3, -0.25) is 4.79 Å². The van der Waals surface area contributed by atoms with Gasteiger partial charge in [-0.25, -0.2) is 14.2 Å². The Morgan fingerprint density at radius 3 is 2.68 bits per heavy atom. The monoisotopic (exact) mass is 400 g/mol. The van der Waals surface area contributed by atoms with Gasteiger partial charge in [0.1, 0.15) is 12.1 Å². The summed E-state index contributed by atoms with van der Waals surface area (Å²) in [4.78, 5) is 31.1. The lowest BCUT2D eigenvalue weighted by atomic mass is 10.2. The summed E-state index contributed by atoms with van der Waals surface area (Å²) in [5.74, 6) is -1.30. The largest absolute Gasteiger partial charge is 0.485 e. The number of aromatic nitrogens is 1. The number of benzene rings is 2. The van der Waals surface area contributed by atoms with Gasteiger partial charge < -0.3 is 14.4 Å². The van der Waals surface area contributed by atoms with Gasteiger partial charge in [-0.2, -0.15) is 0 Å². The first-order valence-electron chi connectivity index (χ1n) is 8.72. The van der Waals surface area contributed by atoms with E-state index in [4.69, 9.17) is 9.47 Å². The molecule has 1 aliphatic heterocycles. The second-order valence-electron chi connectivity index (χ2n) is 6.39. The van der Waals surface area contributed by atoms with Crippen molar-refractivity contribution in [2.45, 2.75) is 18.6 Å². The molecule has 8 heteroatoms. The summed E-state index contributed by atoms with van der Waals surface area (Å²) in [6.45, 7) is 0.142. The van der Waals surface area contributed by atoms with E-state index >= 15 is 0 Å². The summed E-state index contributed by atoms with van der Waals surface area (Å²) in [5.41, 5.74) is 0.726. The Bertz CT molecular complexity index is 1000. The molecule has 1 saturated heterocycles. The number of esters is 1. The summed E-state index contributed by atoms with van der Waals surface area (Å²) in [6.07, 6.45) is -0.309. The number of likely N-dealkylation sites (tertiary alicyclic amines) is 1. The number of fused-ring (bicyclic) bond motifs is 1. The number of carbonyl (C=O) groups excluding carboxylic acids is 2. The fourth-order valence-corrected chi connectivity index (χ4v) is 4.19. The van der Waals surface area contributed by atoms with Crippen molar-refractivity contribution in [1.82, 2.24) is 9.88 Å². The molecule has 1 aromatic heterocycles. The van der Waals surface area contributed by atoms with Crippen molar-refractivity contribution in [2.75, 3.05) is 13.7 Å². The minimum atomic E-state index is -0.804. The number of amides is 1. The lowest BCUT2D eigenvalue weighted by Crippen LogP contribution is -2.41. The molecule has 2 atom stereocenters. The molecule has 6 nitrogen and oxygen atoms in total. The van der Waals surface area contributed by atoms with Crippen LogP contribution in [0.15, 0.2) is 48.5 Å². The Labute approximate surface area is 164 Å². The minimum Gasteiger partial charge on any atom is -0.485 e. The fraction of sp³-hybridized carbons (Fsp3) is 0.250. The van der Waals surface area contributed by atoms with Crippen LogP contribution in [-0.2, 0) is 9.53 Å². The maximum absolute atomic E-state index is 13.9. The lowest BCUT2D eigenvalue weighted by molar-refractivity contribution is -0.145.